The highest BCUT2D eigenvalue weighted by atomic mass is 32.2. The van der Waals surface area contributed by atoms with E-state index in [0.29, 0.717) is 5.75 Å². The number of esters is 1. The van der Waals surface area contributed by atoms with Gasteiger partial charge in [0.1, 0.15) is 0 Å². The van der Waals surface area contributed by atoms with E-state index in [0.717, 1.165) is 11.1 Å². The SMILES string of the molecule is COC(=O)CC(C)S(=O)Cc1ccc(CO)cc1. The van der Waals surface area contributed by atoms with E-state index >= 15 is 0 Å². The quantitative estimate of drug-likeness (QED) is 0.793. The summed E-state index contributed by atoms with van der Waals surface area (Å²) in [5.74, 6) is 0.0654. The first-order valence-corrected chi connectivity index (χ1v) is 7.07. The molecule has 0 aromatic heterocycles. The highest BCUT2D eigenvalue weighted by Crippen LogP contribution is 2.11. The third kappa shape index (κ3) is 4.58. The average molecular weight is 270 g/mol. The fourth-order valence-electron chi connectivity index (χ4n) is 1.46. The Morgan fingerprint density at radius 3 is 2.39 bits per heavy atom. The first kappa shape index (κ1) is 14.9. The van der Waals surface area contributed by atoms with E-state index in [1.54, 1.807) is 19.1 Å². The van der Waals surface area contributed by atoms with Crippen LogP contribution in [-0.4, -0.2) is 27.6 Å². The molecule has 1 aromatic rings. The van der Waals surface area contributed by atoms with E-state index < -0.39 is 10.8 Å². The maximum atomic E-state index is 12.0. The molecule has 0 aliphatic carbocycles. The summed E-state index contributed by atoms with van der Waals surface area (Å²) in [5, 5.41) is 8.69. The zero-order valence-corrected chi connectivity index (χ0v) is 11.4. The number of carbonyl (C=O) groups excluding carboxylic acids is 1. The molecule has 100 valence electrons. The van der Waals surface area contributed by atoms with Crippen LogP contribution in [0.15, 0.2) is 24.3 Å². The summed E-state index contributed by atoms with van der Waals surface area (Å²) < 4.78 is 16.5. The van der Waals surface area contributed by atoms with Crippen molar-refractivity contribution < 1.29 is 18.8 Å². The van der Waals surface area contributed by atoms with Crippen LogP contribution in [0, 0.1) is 0 Å². The molecule has 0 radical (unpaired) electrons. The van der Waals surface area contributed by atoms with Gasteiger partial charge in [0.25, 0.3) is 0 Å². The van der Waals surface area contributed by atoms with Crippen LogP contribution in [0.25, 0.3) is 0 Å². The largest absolute Gasteiger partial charge is 0.469 e. The standard InChI is InChI=1S/C13H18O4S/c1-10(7-13(15)17-2)18(16)9-12-5-3-11(8-14)4-6-12/h3-6,10,14H,7-9H2,1-2H3. The van der Waals surface area contributed by atoms with E-state index in [2.05, 4.69) is 4.74 Å². The van der Waals surface area contributed by atoms with Crippen LogP contribution >= 0.6 is 0 Å². The molecule has 1 N–H and O–H groups in total. The van der Waals surface area contributed by atoms with Crippen molar-refractivity contribution >= 4 is 16.8 Å². The Morgan fingerprint density at radius 2 is 1.89 bits per heavy atom. The molecule has 2 atom stereocenters. The zero-order chi connectivity index (χ0) is 13.5. The van der Waals surface area contributed by atoms with E-state index in [4.69, 9.17) is 5.11 Å². The highest BCUT2D eigenvalue weighted by molar-refractivity contribution is 7.84. The summed E-state index contributed by atoms with van der Waals surface area (Å²) in [5.41, 5.74) is 1.76. The van der Waals surface area contributed by atoms with Crippen molar-refractivity contribution in [1.82, 2.24) is 0 Å². The van der Waals surface area contributed by atoms with Crippen molar-refractivity contribution in [3.63, 3.8) is 0 Å². The van der Waals surface area contributed by atoms with Gasteiger partial charge in [-0.15, -0.1) is 0 Å². The lowest BCUT2D eigenvalue weighted by atomic mass is 10.2. The molecule has 1 aromatic carbocycles. The molecule has 0 fully saturated rings. The Balaban J connectivity index is 2.55. The van der Waals surface area contributed by atoms with Gasteiger partial charge in [0, 0.05) is 21.8 Å². The summed E-state index contributed by atoms with van der Waals surface area (Å²) in [6.45, 7) is 1.78. The molecule has 0 spiro atoms. The second kappa shape index (κ2) is 7.28. The normalized spacial score (nSPS) is 13.9. The van der Waals surface area contributed by atoms with Crippen LogP contribution < -0.4 is 0 Å². The Hall–Kier alpha value is -1.20. The number of carbonyl (C=O) groups is 1. The van der Waals surface area contributed by atoms with E-state index in [-0.39, 0.29) is 24.2 Å². The monoisotopic (exact) mass is 270 g/mol. The third-order valence-corrected chi connectivity index (χ3v) is 4.33. The molecule has 2 unspecified atom stereocenters. The molecule has 0 aliphatic heterocycles. The summed E-state index contributed by atoms with van der Waals surface area (Å²) in [7, 11) is 0.215. The predicted octanol–water partition coefficient (Wildman–Crippen LogP) is 1.38. The summed E-state index contributed by atoms with van der Waals surface area (Å²) in [6, 6.07) is 7.29. The van der Waals surface area contributed by atoms with Gasteiger partial charge >= 0.3 is 5.97 Å². The molecule has 0 saturated carbocycles. The average Bonchev–Trinajstić information content (AvgIpc) is 2.39. The molecule has 4 nitrogen and oxygen atoms in total. The van der Waals surface area contributed by atoms with Gasteiger partial charge in [-0.05, 0) is 11.1 Å². The summed E-state index contributed by atoms with van der Waals surface area (Å²) >= 11 is 0. The Kier molecular flexibility index (Phi) is 6.01. The number of hydrogen-bond acceptors (Lipinski definition) is 4. The van der Waals surface area contributed by atoms with Gasteiger partial charge in [-0.2, -0.15) is 0 Å². The molecule has 0 amide bonds. The molecule has 0 bridgehead atoms. The van der Waals surface area contributed by atoms with Gasteiger partial charge in [-0.25, -0.2) is 0 Å². The predicted molar refractivity (Wildman–Crippen MR) is 70.3 cm³/mol. The highest BCUT2D eigenvalue weighted by Gasteiger charge is 2.16. The topological polar surface area (TPSA) is 63.6 Å². The van der Waals surface area contributed by atoms with Crippen molar-refractivity contribution in [3.8, 4) is 0 Å². The fourth-order valence-corrected chi connectivity index (χ4v) is 2.59. The fraction of sp³-hybridized carbons (Fsp3) is 0.462. The van der Waals surface area contributed by atoms with Gasteiger partial charge < -0.3 is 9.84 Å². The van der Waals surface area contributed by atoms with Gasteiger partial charge in [0.05, 0.1) is 20.1 Å². The van der Waals surface area contributed by atoms with Gasteiger partial charge in [0.15, 0.2) is 0 Å². The van der Waals surface area contributed by atoms with Crippen molar-refractivity contribution in [1.29, 1.82) is 0 Å². The van der Waals surface area contributed by atoms with Gasteiger partial charge in [-0.3, -0.25) is 9.00 Å². The van der Waals surface area contributed by atoms with Gasteiger partial charge in [-0.1, -0.05) is 31.2 Å². The number of ether oxygens (including phenoxy) is 1. The molecule has 1 rings (SSSR count). The smallest absolute Gasteiger partial charge is 0.306 e. The number of benzene rings is 1. The molecule has 18 heavy (non-hydrogen) atoms. The lowest BCUT2D eigenvalue weighted by Crippen LogP contribution is -2.18. The number of rotatable bonds is 6. The van der Waals surface area contributed by atoms with Crippen LogP contribution in [0.3, 0.4) is 0 Å². The van der Waals surface area contributed by atoms with Crippen molar-refractivity contribution in [3.05, 3.63) is 35.4 Å². The maximum absolute atomic E-state index is 12.0. The molecule has 5 heteroatoms. The number of methoxy groups -OCH3 is 1. The van der Waals surface area contributed by atoms with Crippen LogP contribution in [0.5, 0.6) is 0 Å². The Morgan fingerprint density at radius 1 is 1.33 bits per heavy atom. The van der Waals surface area contributed by atoms with E-state index in [1.165, 1.54) is 7.11 Å². The van der Waals surface area contributed by atoms with Crippen LogP contribution in [0.1, 0.15) is 24.5 Å². The molecule has 0 heterocycles. The molecular formula is C13H18O4S. The van der Waals surface area contributed by atoms with Crippen LogP contribution in [0.4, 0.5) is 0 Å². The Labute approximate surface area is 109 Å². The van der Waals surface area contributed by atoms with Crippen molar-refractivity contribution in [2.75, 3.05) is 7.11 Å². The number of hydrogen-bond donors (Lipinski definition) is 1. The van der Waals surface area contributed by atoms with Crippen LogP contribution in [-0.2, 0) is 32.7 Å². The van der Waals surface area contributed by atoms with Crippen molar-refractivity contribution in [2.24, 2.45) is 0 Å². The lowest BCUT2D eigenvalue weighted by Gasteiger charge is -2.10. The minimum Gasteiger partial charge on any atom is -0.469 e. The number of aliphatic hydroxyl groups excluding tert-OH is 1. The molecule has 0 aliphatic rings. The Bertz CT molecular complexity index is 414. The second-order valence-corrected chi connectivity index (χ2v) is 5.95. The van der Waals surface area contributed by atoms with Crippen molar-refractivity contribution in [2.45, 2.75) is 31.0 Å². The number of aliphatic hydroxyl groups is 1. The molecular weight excluding hydrogens is 252 g/mol. The third-order valence-electron chi connectivity index (χ3n) is 2.65. The summed E-state index contributed by atoms with van der Waals surface area (Å²) in [6.07, 6.45) is 0.165. The maximum Gasteiger partial charge on any atom is 0.306 e. The lowest BCUT2D eigenvalue weighted by molar-refractivity contribution is -0.140. The zero-order valence-electron chi connectivity index (χ0n) is 10.6. The van der Waals surface area contributed by atoms with Crippen LogP contribution in [0.2, 0.25) is 0 Å². The van der Waals surface area contributed by atoms with E-state index in [9.17, 15) is 9.00 Å². The first-order chi connectivity index (χ1) is 8.56. The van der Waals surface area contributed by atoms with E-state index in [1.807, 2.05) is 12.1 Å². The minimum absolute atomic E-state index is 0.00210. The van der Waals surface area contributed by atoms with Gasteiger partial charge in [0.2, 0.25) is 0 Å². The first-order valence-electron chi connectivity index (χ1n) is 5.69. The summed E-state index contributed by atoms with van der Waals surface area (Å²) in [4.78, 5) is 11.1. The second-order valence-electron chi connectivity index (χ2n) is 4.09. The minimum atomic E-state index is -1.11. The molecule has 0 saturated heterocycles.